The lowest BCUT2D eigenvalue weighted by Crippen LogP contribution is -1.99. The summed E-state index contributed by atoms with van der Waals surface area (Å²) in [5.74, 6) is 1.63. The molecular formula is C14H10BN3S2. The molecule has 96 valence electrons. The Morgan fingerprint density at radius 3 is 2.55 bits per heavy atom. The number of aromatic nitrogens is 3. The summed E-state index contributed by atoms with van der Waals surface area (Å²) in [4.78, 5) is 8.52. The van der Waals surface area contributed by atoms with E-state index in [0.29, 0.717) is 0 Å². The lowest BCUT2D eigenvalue weighted by Gasteiger charge is -1.99. The Morgan fingerprint density at radius 1 is 1.05 bits per heavy atom. The quantitative estimate of drug-likeness (QED) is 0.548. The number of nitrogens with zero attached hydrogens (tertiary/aromatic N) is 3. The van der Waals surface area contributed by atoms with Gasteiger partial charge in [-0.05, 0) is 29.2 Å². The molecule has 0 aliphatic heterocycles. The van der Waals surface area contributed by atoms with Crippen LogP contribution in [-0.2, 0) is 5.75 Å². The minimum Gasteiger partial charge on any atom is -0.265 e. The van der Waals surface area contributed by atoms with Gasteiger partial charge in [-0.2, -0.15) is 4.37 Å². The predicted molar refractivity (Wildman–Crippen MR) is 84.5 cm³/mol. The van der Waals surface area contributed by atoms with Gasteiger partial charge in [0.2, 0.25) is 0 Å². The van der Waals surface area contributed by atoms with Crippen molar-refractivity contribution in [2.45, 2.75) is 10.1 Å². The monoisotopic (exact) mass is 295 g/mol. The standard InChI is InChI=1S/C14H10BN3S2/c15-12-3-1-10(2-4-12)9-19-14-17-13(18-20-14)11-5-7-16-8-6-11/h1-8H,9H2. The Labute approximate surface area is 127 Å². The zero-order chi connectivity index (χ0) is 13.8. The SMILES string of the molecule is [B]c1ccc(CSc2nc(-c3ccncc3)ns2)cc1. The topological polar surface area (TPSA) is 38.7 Å². The van der Waals surface area contributed by atoms with E-state index in [4.69, 9.17) is 7.85 Å². The van der Waals surface area contributed by atoms with E-state index in [1.807, 2.05) is 36.4 Å². The smallest absolute Gasteiger partial charge is 0.174 e. The van der Waals surface area contributed by atoms with E-state index in [2.05, 4.69) is 14.3 Å². The van der Waals surface area contributed by atoms with E-state index < -0.39 is 0 Å². The molecule has 3 nitrogen and oxygen atoms in total. The molecule has 3 rings (SSSR count). The molecule has 20 heavy (non-hydrogen) atoms. The molecule has 0 N–H and O–H groups in total. The van der Waals surface area contributed by atoms with Gasteiger partial charge in [0.05, 0.1) is 0 Å². The number of pyridine rings is 1. The summed E-state index contributed by atoms with van der Waals surface area (Å²) >= 11 is 3.11. The Morgan fingerprint density at radius 2 is 1.80 bits per heavy atom. The lowest BCUT2D eigenvalue weighted by atomic mass is 9.96. The van der Waals surface area contributed by atoms with Crippen LogP contribution in [0.2, 0.25) is 0 Å². The fourth-order valence-electron chi connectivity index (χ4n) is 1.65. The average Bonchev–Trinajstić information content (AvgIpc) is 2.97. The van der Waals surface area contributed by atoms with Crippen LogP contribution in [0.1, 0.15) is 5.56 Å². The summed E-state index contributed by atoms with van der Waals surface area (Å²) < 4.78 is 5.34. The van der Waals surface area contributed by atoms with Crippen LogP contribution in [0, 0.1) is 0 Å². The van der Waals surface area contributed by atoms with Gasteiger partial charge in [0.25, 0.3) is 0 Å². The van der Waals surface area contributed by atoms with Gasteiger partial charge in [-0.1, -0.05) is 41.5 Å². The summed E-state index contributed by atoms with van der Waals surface area (Å²) in [6.07, 6.45) is 3.50. The van der Waals surface area contributed by atoms with Crippen LogP contribution in [-0.4, -0.2) is 22.2 Å². The molecule has 0 amide bonds. The molecule has 2 radical (unpaired) electrons. The van der Waals surface area contributed by atoms with Crippen molar-refractivity contribution in [2.75, 3.05) is 0 Å². The number of benzene rings is 1. The van der Waals surface area contributed by atoms with Crippen LogP contribution in [0.5, 0.6) is 0 Å². The second-order valence-corrected chi connectivity index (χ2v) is 6.12. The molecule has 2 aromatic heterocycles. The molecule has 0 aliphatic rings. The van der Waals surface area contributed by atoms with Crippen LogP contribution in [0.3, 0.4) is 0 Å². The van der Waals surface area contributed by atoms with E-state index in [1.165, 1.54) is 17.1 Å². The first-order chi connectivity index (χ1) is 9.81. The van der Waals surface area contributed by atoms with Crippen molar-refractivity contribution in [3.8, 4) is 11.4 Å². The maximum atomic E-state index is 5.67. The van der Waals surface area contributed by atoms with E-state index in [0.717, 1.165) is 26.9 Å². The highest BCUT2D eigenvalue weighted by Crippen LogP contribution is 2.27. The molecule has 0 saturated carbocycles. The second-order valence-electron chi connectivity index (χ2n) is 4.15. The molecule has 0 aliphatic carbocycles. The highest BCUT2D eigenvalue weighted by atomic mass is 32.2. The molecule has 0 atom stereocenters. The fourth-order valence-corrected chi connectivity index (χ4v) is 3.22. The molecule has 1 aromatic carbocycles. The third-order valence-electron chi connectivity index (χ3n) is 2.69. The third-order valence-corrected chi connectivity index (χ3v) is 4.59. The Hall–Kier alpha value is -1.66. The minimum absolute atomic E-state index is 0.761. The molecule has 0 spiro atoms. The molecule has 0 fully saturated rings. The largest absolute Gasteiger partial charge is 0.265 e. The van der Waals surface area contributed by atoms with Crippen molar-refractivity contribution >= 4 is 36.6 Å². The van der Waals surface area contributed by atoms with Crippen LogP contribution in [0.25, 0.3) is 11.4 Å². The molecule has 0 unspecified atom stereocenters. The van der Waals surface area contributed by atoms with Gasteiger partial charge in [-0.15, -0.1) is 0 Å². The first-order valence-electron chi connectivity index (χ1n) is 6.02. The van der Waals surface area contributed by atoms with E-state index >= 15 is 0 Å². The predicted octanol–water partition coefficient (Wildman–Crippen LogP) is 2.69. The van der Waals surface area contributed by atoms with Crippen molar-refractivity contribution in [1.29, 1.82) is 0 Å². The summed E-state index contributed by atoms with van der Waals surface area (Å²) in [5, 5.41) is 0. The Bertz CT molecular complexity index is 683. The fraction of sp³-hybridized carbons (Fsp3) is 0.0714. The molecule has 2 heterocycles. The maximum Gasteiger partial charge on any atom is 0.174 e. The van der Waals surface area contributed by atoms with E-state index in [9.17, 15) is 0 Å². The van der Waals surface area contributed by atoms with Gasteiger partial charge in [-0.3, -0.25) is 4.98 Å². The highest BCUT2D eigenvalue weighted by molar-refractivity contribution is 8.00. The normalized spacial score (nSPS) is 10.6. The maximum absolute atomic E-state index is 5.67. The van der Waals surface area contributed by atoms with Crippen LogP contribution >= 0.6 is 23.3 Å². The summed E-state index contributed by atoms with van der Waals surface area (Å²) in [6.45, 7) is 0. The number of thioether (sulfide) groups is 1. The van der Waals surface area contributed by atoms with Crippen LogP contribution in [0.15, 0.2) is 53.1 Å². The number of hydrogen-bond donors (Lipinski definition) is 0. The van der Waals surface area contributed by atoms with Crippen LogP contribution < -0.4 is 5.46 Å². The van der Waals surface area contributed by atoms with Crippen molar-refractivity contribution in [3.05, 3.63) is 54.4 Å². The lowest BCUT2D eigenvalue weighted by molar-refractivity contribution is 1.21. The van der Waals surface area contributed by atoms with Crippen LogP contribution in [0.4, 0.5) is 0 Å². The van der Waals surface area contributed by atoms with Gasteiger partial charge in [0, 0.05) is 23.7 Å². The summed E-state index contributed by atoms with van der Waals surface area (Å²) in [7, 11) is 5.67. The number of hydrogen-bond acceptors (Lipinski definition) is 5. The molecule has 0 bridgehead atoms. The van der Waals surface area contributed by atoms with Gasteiger partial charge in [0.15, 0.2) is 10.2 Å². The van der Waals surface area contributed by atoms with Gasteiger partial charge in [-0.25, -0.2) is 4.98 Å². The number of rotatable bonds is 4. The summed E-state index contributed by atoms with van der Waals surface area (Å²) in [6, 6.07) is 11.7. The minimum atomic E-state index is 0.761. The Balaban J connectivity index is 1.67. The van der Waals surface area contributed by atoms with Gasteiger partial charge in [0.1, 0.15) is 7.85 Å². The zero-order valence-corrected chi connectivity index (χ0v) is 12.2. The molecule has 0 saturated heterocycles. The van der Waals surface area contributed by atoms with Crippen molar-refractivity contribution < 1.29 is 0 Å². The highest BCUT2D eigenvalue weighted by Gasteiger charge is 2.07. The van der Waals surface area contributed by atoms with Crippen molar-refractivity contribution in [2.24, 2.45) is 0 Å². The first kappa shape index (κ1) is 13.3. The van der Waals surface area contributed by atoms with Gasteiger partial charge < -0.3 is 0 Å². The average molecular weight is 295 g/mol. The molecule has 6 heteroatoms. The van der Waals surface area contributed by atoms with E-state index in [1.54, 1.807) is 24.2 Å². The molecule has 3 aromatic rings. The van der Waals surface area contributed by atoms with Gasteiger partial charge >= 0.3 is 0 Å². The van der Waals surface area contributed by atoms with Crippen molar-refractivity contribution in [3.63, 3.8) is 0 Å². The third kappa shape index (κ3) is 3.26. The zero-order valence-electron chi connectivity index (χ0n) is 10.6. The first-order valence-corrected chi connectivity index (χ1v) is 7.78. The molecular weight excluding hydrogens is 285 g/mol. The second kappa shape index (κ2) is 6.20. The summed E-state index contributed by atoms with van der Waals surface area (Å²) in [5.41, 5.74) is 3.01. The van der Waals surface area contributed by atoms with E-state index in [-0.39, 0.29) is 0 Å². The Kier molecular flexibility index (Phi) is 4.13. The van der Waals surface area contributed by atoms with Crippen molar-refractivity contribution in [1.82, 2.24) is 14.3 Å².